The number of amides is 1. The van der Waals surface area contributed by atoms with E-state index in [1.807, 2.05) is 0 Å². The number of hydrogen-bond acceptors (Lipinski definition) is 11. The lowest BCUT2D eigenvalue weighted by Crippen LogP contribution is -2.35. The molecule has 3 aromatic heterocycles. The number of benzene rings is 2. The third kappa shape index (κ3) is 12.0. The molecule has 0 aliphatic heterocycles. The summed E-state index contributed by atoms with van der Waals surface area (Å²) in [6.45, 7) is -2.23. The van der Waals surface area contributed by atoms with Crippen LogP contribution < -0.4 is 9.62 Å². The van der Waals surface area contributed by atoms with Crippen LogP contribution in [0.3, 0.4) is 0 Å². The number of pyridine rings is 1. The summed E-state index contributed by atoms with van der Waals surface area (Å²) in [4.78, 5) is 49.5. The molecule has 1 fully saturated rings. The van der Waals surface area contributed by atoms with Crippen LogP contribution in [0, 0.1) is 29.4 Å². The number of sulfonamides is 1. The van der Waals surface area contributed by atoms with Crippen molar-refractivity contribution in [3.05, 3.63) is 93.0 Å². The highest BCUT2D eigenvalue weighted by atomic mass is 35.5. The van der Waals surface area contributed by atoms with Gasteiger partial charge in [-0.2, -0.15) is 45.3 Å². The quantitative estimate of drug-likeness (QED) is 0.0294. The van der Waals surface area contributed by atoms with Crippen LogP contribution in [0.5, 0.6) is 0 Å². The molecule has 0 spiro atoms. The monoisotopic (exact) mass is 1130 g/mol. The predicted octanol–water partition coefficient (Wildman–Crippen LogP) is 7.13. The van der Waals surface area contributed by atoms with Gasteiger partial charge in [0.25, 0.3) is 5.92 Å². The fourth-order valence-electron chi connectivity index (χ4n) is 8.19. The molecule has 31 heteroatoms. The molecule has 0 radical (unpaired) electrons. The predicted molar refractivity (Wildman–Crippen MR) is 243 cm³/mol. The van der Waals surface area contributed by atoms with Gasteiger partial charge in [0.1, 0.15) is 40.9 Å². The summed E-state index contributed by atoms with van der Waals surface area (Å²) in [5, 5.41) is 8.59. The van der Waals surface area contributed by atoms with Crippen molar-refractivity contribution >= 4 is 67.7 Å². The van der Waals surface area contributed by atoms with Crippen molar-refractivity contribution in [2.45, 2.75) is 81.2 Å². The second-order valence-corrected chi connectivity index (χ2v) is 24.6. The topological polar surface area (TPSA) is 233 Å². The number of ether oxygens (including phenoxy) is 1. The van der Waals surface area contributed by atoms with Gasteiger partial charge in [-0.25, -0.2) is 34.9 Å². The summed E-state index contributed by atoms with van der Waals surface area (Å²) in [7, 11) is -13.4. The summed E-state index contributed by atoms with van der Waals surface area (Å²) < 4.78 is 214. The first-order valence-electron chi connectivity index (χ1n) is 21.3. The molecule has 1 unspecified atom stereocenters. The van der Waals surface area contributed by atoms with Crippen molar-refractivity contribution in [1.82, 2.24) is 29.9 Å². The SMILES string of the molecule is CC(C)(C#Cc1ccc(-c2ccc(Cl)c3c(N(COC(=O)CCP(=O)(O)O)S(C)(=O)=O)nn(CC(F)(F)F)c23)c([C@H](Cc2cc(F)cc(F)c2)NC(=O)Cn2nc(C(F)(F)F)c3c2C(F)(F)[C@@H]2CC32)n1)S(C)(=O)=O. The molecule has 1 saturated carbocycles. The van der Waals surface area contributed by atoms with Crippen LogP contribution in [0.15, 0.2) is 42.5 Å². The molecule has 2 aliphatic rings. The van der Waals surface area contributed by atoms with E-state index in [2.05, 4.69) is 32.3 Å². The summed E-state index contributed by atoms with van der Waals surface area (Å²) in [6, 6.07) is 4.57. The second kappa shape index (κ2) is 19.4. The number of aromatic nitrogens is 5. The third-order valence-electron chi connectivity index (χ3n) is 11.9. The van der Waals surface area contributed by atoms with Crippen LogP contribution in [-0.4, -0.2) is 99.4 Å². The van der Waals surface area contributed by atoms with Crippen molar-refractivity contribution in [2.24, 2.45) is 5.92 Å². The first-order chi connectivity index (χ1) is 33.9. The summed E-state index contributed by atoms with van der Waals surface area (Å²) in [6.07, 6.45) is -12.0. The Kier molecular flexibility index (Phi) is 14.7. The van der Waals surface area contributed by atoms with E-state index in [0.29, 0.717) is 12.3 Å². The number of anilines is 1. The fraction of sp³-hybridized carbons (Fsp3) is 0.419. The van der Waals surface area contributed by atoms with Crippen LogP contribution in [0.1, 0.15) is 72.6 Å². The Morgan fingerprint density at radius 1 is 0.986 bits per heavy atom. The van der Waals surface area contributed by atoms with Crippen molar-refractivity contribution in [3.63, 3.8) is 0 Å². The Bertz CT molecular complexity index is 3440. The van der Waals surface area contributed by atoms with Crippen molar-refractivity contribution in [3.8, 4) is 23.0 Å². The van der Waals surface area contributed by atoms with Crippen molar-refractivity contribution in [1.29, 1.82) is 0 Å². The number of fused-ring (bicyclic) bond motifs is 4. The van der Waals surface area contributed by atoms with Gasteiger partial charge in [0.2, 0.25) is 15.9 Å². The van der Waals surface area contributed by atoms with E-state index in [1.165, 1.54) is 13.8 Å². The molecule has 2 aromatic carbocycles. The standard InChI is InChI=1S/C43H39ClF10N7O10PS2/c1-40(2,73(3,67)68)11-9-24-5-6-25(26-7-8-29(44)34-36(26)60(19-41(47,48)49)58-39(34)61(74(4,69)70)20-71-32(63)10-12-72(64,65)66)35(55-24)30(15-21-13-22(45)16-23(46)14-21)56-31(62)18-59-38-33(37(57-59)43(52,53)54)27-17-28(27)42(38,50)51/h5-8,13-14,16,27-28,30H,10,12,15,17-20H2,1-4H3,(H,56,62)(H2,64,65,66)/t27?,28-,30+/m1/s1. The maximum Gasteiger partial charge on any atom is 0.435 e. The molecule has 7 rings (SSSR count). The van der Waals surface area contributed by atoms with Gasteiger partial charge >= 0.3 is 25.9 Å². The van der Waals surface area contributed by atoms with Gasteiger partial charge < -0.3 is 19.8 Å². The molecule has 3 N–H and O–H groups in total. The molecule has 1 amide bonds. The zero-order valence-corrected chi connectivity index (χ0v) is 41.8. The number of hydrogen-bond donors (Lipinski definition) is 3. The maximum absolute atomic E-state index is 15.6. The number of rotatable bonds is 16. The van der Waals surface area contributed by atoms with E-state index in [1.54, 1.807) is 0 Å². The lowest BCUT2D eigenvalue weighted by molar-refractivity contribution is -0.143. The average molecular weight is 1130 g/mol. The Labute approximate surface area is 418 Å². The van der Waals surface area contributed by atoms with E-state index in [-0.39, 0.29) is 42.5 Å². The molecule has 3 atom stereocenters. The highest BCUT2D eigenvalue weighted by Gasteiger charge is 2.68. The van der Waals surface area contributed by atoms with Crippen LogP contribution in [0.25, 0.3) is 22.0 Å². The number of nitrogens with one attached hydrogen (secondary N) is 1. The molecular formula is C43H39ClF10N7O10PS2. The zero-order chi connectivity index (χ0) is 55.1. The molecule has 3 heterocycles. The average Bonchev–Trinajstić information content (AvgIpc) is 3.75. The van der Waals surface area contributed by atoms with Crippen LogP contribution in [0.2, 0.25) is 5.02 Å². The first-order valence-corrected chi connectivity index (χ1v) is 27.3. The second-order valence-electron chi connectivity index (χ2n) is 17.9. The van der Waals surface area contributed by atoms with Gasteiger partial charge in [-0.1, -0.05) is 23.6 Å². The van der Waals surface area contributed by atoms with Gasteiger partial charge in [-0.15, -0.1) is 0 Å². The van der Waals surface area contributed by atoms with Crippen molar-refractivity contribution in [2.75, 3.05) is 29.7 Å². The highest BCUT2D eigenvalue weighted by Crippen LogP contribution is 2.68. The molecule has 17 nitrogen and oxygen atoms in total. The summed E-state index contributed by atoms with van der Waals surface area (Å²) in [5.41, 5.74) is -6.10. The Morgan fingerprint density at radius 2 is 1.62 bits per heavy atom. The van der Waals surface area contributed by atoms with Crippen LogP contribution in [-0.2, 0) is 70.4 Å². The highest BCUT2D eigenvalue weighted by molar-refractivity contribution is 7.92. The minimum absolute atomic E-state index is 0.171. The van der Waals surface area contributed by atoms with E-state index >= 15 is 8.78 Å². The molecule has 400 valence electrons. The normalized spacial score (nSPS) is 17.0. The zero-order valence-electron chi connectivity index (χ0n) is 38.5. The number of alkyl halides is 8. The van der Waals surface area contributed by atoms with Gasteiger partial charge in [-0.05, 0) is 74.4 Å². The number of carbonyl (C=O) groups excluding carboxylic acids is 2. The Hall–Kier alpha value is -5.79. The van der Waals surface area contributed by atoms with E-state index < -0.39 is 175 Å². The van der Waals surface area contributed by atoms with Gasteiger partial charge in [0.05, 0.1) is 46.5 Å². The number of esters is 1. The van der Waals surface area contributed by atoms with Crippen molar-refractivity contribution < 1.29 is 89.4 Å². The van der Waals surface area contributed by atoms with Gasteiger partial charge in [-0.3, -0.25) is 23.5 Å². The van der Waals surface area contributed by atoms with E-state index in [9.17, 15) is 75.9 Å². The molecule has 74 heavy (non-hydrogen) atoms. The molecule has 5 aromatic rings. The largest absolute Gasteiger partial charge is 0.443 e. The van der Waals surface area contributed by atoms with Crippen LogP contribution in [0.4, 0.5) is 49.7 Å². The number of nitrogens with zero attached hydrogens (tertiary/aromatic N) is 6. The summed E-state index contributed by atoms with van der Waals surface area (Å²) in [5.74, 6) is -7.49. The molecule has 0 bridgehead atoms. The van der Waals surface area contributed by atoms with E-state index in [4.69, 9.17) is 16.3 Å². The molecule has 2 aliphatic carbocycles. The third-order valence-corrected chi connectivity index (χ3v) is 16.1. The smallest absolute Gasteiger partial charge is 0.435 e. The minimum atomic E-state index is -5.24. The first kappa shape index (κ1) is 55.9. The molecular weight excluding hydrogens is 1100 g/mol. The minimum Gasteiger partial charge on any atom is -0.443 e. The van der Waals surface area contributed by atoms with Gasteiger partial charge in [0.15, 0.2) is 28.1 Å². The fourth-order valence-corrected chi connectivity index (χ4v) is 9.82. The lowest BCUT2D eigenvalue weighted by atomic mass is 9.93. The maximum atomic E-state index is 15.6. The van der Waals surface area contributed by atoms with E-state index in [0.717, 1.165) is 42.7 Å². The Morgan fingerprint density at radius 3 is 2.20 bits per heavy atom. The Balaban J connectivity index is 1.45. The lowest BCUT2D eigenvalue weighted by Gasteiger charge is -2.23. The number of carbonyl (C=O) groups is 2. The van der Waals surface area contributed by atoms with Gasteiger partial charge in [0, 0.05) is 34.9 Å². The number of sulfone groups is 1. The van der Waals surface area contributed by atoms with Crippen LogP contribution >= 0.6 is 19.2 Å². The molecule has 0 saturated heterocycles. The summed E-state index contributed by atoms with van der Waals surface area (Å²) >= 11 is 6.60. The number of halogens is 11.